The molecule has 1 fully saturated rings. The van der Waals surface area contributed by atoms with Gasteiger partial charge in [0.25, 0.3) is 0 Å². The van der Waals surface area contributed by atoms with Crippen molar-refractivity contribution < 1.29 is 8.42 Å². The minimum Gasteiger partial charge on any atom is -0.316 e. The number of piperidine rings is 1. The first-order valence-electron chi connectivity index (χ1n) is 6.29. The third-order valence-electron chi connectivity index (χ3n) is 3.42. The molecule has 1 aliphatic rings. The van der Waals surface area contributed by atoms with E-state index in [4.69, 9.17) is 0 Å². The second-order valence-corrected chi connectivity index (χ2v) is 6.72. The third-order valence-corrected chi connectivity index (χ3v) is 4.93. The van der Waals surface area contributed by atoms with Gasteiger partial charge in [-0.25, -0.2) is 13.1 Å². The Labute approximate surface area is 109 Å². The molecule has 0 radical (unpaired) electrons. The van der Waals surface area contributed by atoms with Gasteiger partial charge in [-0.2, -0.15) is 0 Å². The van der Waals surface area contributed by atoms with Crippen LogP contribution in [0.15, 0.2) is 29.2 Å². The Hall–Kier alpha value is -0.910. The first-order chi connectivity index (χ1) is 8.49. The van der Waals surface area contributed by atoms with Crippen molar-refractivity contribution in [3.05, 3.63) is 29.8 Å². The maximum Gasteiger partial charge on any atom is 0.240 e. The fourth-order valence-corrected chi connectivity index (χ4v) is 3.55. The van der Waals surface area contributed by atoms with Crippen molar-refractivity contribution in [1.29, 1.82) is 0 Å². The summed E-state index contributed by atoms with van der Waals surface area (Å²) in [5.74, 6) is 0.318. The summed E-state index contributed by atoms with van der Waals surface area (Å²) in [5, 5.41) is 3.26. The normalized spacial score (nSPS) is 25.0. The molecule has 0 amide bonds. The molecule has 5 heteroatoms. The minimum absolute atomic E-state index is 0.0255. The van der Waals surface area contributed by atoms with Crippen LogP contribution in [0.5, 0.6) is 0 Å². The molecule has 1 aliphatic heterocycles. The lowest BCUT2D eigenvalue weighted by molar-refractivity contribution is 0.328. The van der Waals surface area contributed by atoms with Gasteiger partial charge in [-0.1, -0.05) is 24.6 Å². The molecule has 18 heavy (non-hydrogen) atoms. The van der Waals surface area contributed by atoms with Crippen molar-refractivity contribution in [1.82, 2.24) is 10.0 Å². The Morgan fingerprint density at radius 2 is 1.94 bits per heavy atom. The summed E-state index contributed by atoms with van der Waals surface area (Å²) < 4.78 is 27.3. The number of aryl methyl sites for hydroxylation is 1. The van der Waals surface area contributed by atoms with E-state index in [1.54, 1.807) is 12.1 Å². The van der Waals surface area contributed by atoms with Crippen molar-refractivity contribution in [2.75, 3.05) is 13.1 Å². The molecule has 2 N–H and O–H groups in total. The zero-order valence-electron chi connectivity index (χ0n) is 10.8. The smallest absolute Gasteiger partial charge is 0.240 e. The largest absolute Gasteiger partial charge is 0.316 e. The van der Waals surface area contributed by atoms with E-state index in [1.807, 2.05) is 19.1 Å². The van der Waals surface area contributed by atoms with E-state index in [1.165, 1.54) is 0 Å². The standard InChI is InChI=1S/C13H20N2O2S/c1-10-3-5-12(6-4-10)18(16,17)15-13-7-8-14-9-11(13)2/h3-6,11,13-15H,7-9H2,1-2H3. The van der Waals surface area contributed by atoms with Gasteiger partial charge in [-0.05, 0) is 44.5 Å². The van der Waals surface area contributed by atoms with E-state index < -0.39 is 10.0 Å². The van der Waals surface area contributed by atoms with Crippen LogP contribution in [-0.2, 0) is 10.0 Å². The first kappa shape index (κ1) is 13.5. The molecule has 0 aliphatic carbocycles. The SMILES string of the molecule is Cc1ccc(S(=O)(=O)NC2CCNCC2C)cc1. The van der Waals surface area contributed by atoms with Crippen molar-refractivity contribution in [2.24, 2.45) is 5.92 Å². The van der Waals surface area contributed by atoms with Crippen LogP contribution in [0.25, 0.3) is 0 Å². The van der Waals surface area contributed by atoms with Gasteiger partial charge in [-0.3, -0.25) is 0 Å². The number of sulfonamides is 1. The zero-order chi connectivity index (χ0) is 13.2. The molecule has 1 saturated heterocycles. The minimum atomic E-state index is -3.39. The van der Waals surface area contributed by atoms with Crippen molar-refractivity contribution in [2.45, 2.75) is 31.2 Å². The molecular weight excluding hydrogens is 248 g/mol. The van der Waals surface area contributed by atoms with E-state index >= 15 is 0 Å². The van der Waals surface area contributed by atoms with Gasteiger partial charge in [0, 0.05) is 6.04 Å². The molecule has 0 aromatic heterocycles. The van der Waals surface area contributed by atoms with E-state index in [-0.39, 0.29) is 6.04 Å². The fraction of sp³-hybridized carbons (Fsp3) is 0.538. The first-order valence-corrected chi connectivity index (χ1v) is 7.77. The van der Waals surface area contributed by atoms with E-state index in [0.717, 1.165) is 25.1 Å². The van der Waals surface area contributed by atoms with Gasteiger partial charge in [0.2, 0.25) is 10.0 Å². The highest BCUT2D eigenvalue weighted by atomic mass is 32.2. The number of nitrogens with one attached hydrogen (secondary N) is 2. The van der Waals surface area contributed by atoms with Crippen LogP contribution in [-0.4, -0.2) is 27.5 Å². The Kier molecular flexibility index (Phi) is 4.04. The molecule has 0 bridgehead atoms. The Balaban J connectivity index is 2.13. The summed E-state index contributed by atoms with van der Waals surface area (Å²) in [6.07, 6.45) is 0.840. The predicted octanol–water partition coefficient (Wildman–Crippen LogP) is 1.27. The highest BCUT2D eigenvalue weighted by Gasteiger charge is 2.26. The second-order valence-electron chi connectivity index (χ2n) is 5.01. The molecule has 0 spiro atoms. The van der Waals surface area contributed by atoms with Crippen molar-refractivity contribution in [3.63, 3.8) is 0 Å². The summed E-state index contributed by atoms with van der Waals surface area (Å²) in [5.41, 5.74) is 1.06. The van der Waals surface area contributed by atoms with Crippen LogP contribution < -0.4 is 10.0 Å². The van der Waals surface area contributed by atoms with Crippen LogP contribution in [0.1, 0.15) is 18.9 Å². The molecule has 2 atom stereocenters. The zero-order valence-corrected chi connectivity index (χ0v) is 11.6. The molecule has 100 valence electrons. The number of benzene rings is 1. The van der Waals surface area contributed by atoms with Crippen LogP contribution in [0.2, 0.25) is 0 Å². The molecule has 2 unspecified atom stereocenters. The quantitative estimate of drug-likeness (QED) is 0.868. The Morgan fingerprint density at radius 1 is 1.28 bits per heavy atom. The summed E-state index contributed by atoms with van der Waals surface area (Å²) in [6, 6.07) is 6.98. The lowest BCUT2D eigenvalue weighted by Crippen LogP contribution is -2.48. The van der Waals surface area contributed by atoms with E-state index in [2.05, 4.69) is 17.0 Å². The monoisotopic (exact) mass is 268 g/mol. The average Bonchev–Trinajstić information content (AvgIpc) is 2.32. The average molecular weight is 268 g/mol. The number of hydrogen-bond donors (Lipinski definition) is 2. The van der Waals surface area contributed by atoms with Gasteiger partial charge in [0.15, 0.2) is 0 Å². The van der Waals surface area contributed by atoms with Crippen molar-refractivity contribution >= 4 is 10.0 Å². The lowest BCUT2D eigenvalue weighted by Gasteiger charge is -2.29. The number of rotatable bonds is 3. The summed E-state index contributed by atoms with van der Waals surface area (Å²) in [7, 11) is -3.39. The van der Waals surface area contributed by atoms with Crippen LogP contribution in [0, 0.1) is 12.8 Å². The summed E-state index contributed by atoms with van der Waals surface area (Å²) in [6.45, 7) is 5.74. The summed E-state index contributed by atoms with van der Waals surface area (Å²) >= 11 is 0. The second kappa shape index (κ2) is 5.38. The van der Waals surface area contributed by atoms with Gasteiger partial charge in [-0.15, -0.1) is 0 Å². The van der Waals surface area contributed by atoms with Crippen LogP contribution in [0.4, 0.5) is 0 Å². The van der Waals surface area contributed by atoms with Gasteiger partial charge >= 0.3 is 0 Å². The Morgan fingerprint density at radius 3 is 2.56 bits per heavy atom. The lowest BCUT2D eigenvalue weighted by atomic mass is 9.97. The van der Waals surface area contributed by atoms with Crippen LogP contribution in [0.3, 0.4) is 0 Å². The predicted molar refractivity (Wildman–Crippen MR) is 71.9 cm³/mol. The van der Waals surface area contributed by atoms with E-state index in [0.29, 0.717) is 10.8 Å². The van der Waals surface area contributed by atoms with E-state index in [9.17, 15) is 8.42 Å². The maximum atomic E-state index is 12.2. The molecule has 1 heterocycles. The van der Waals surface area contributed by atoms with Crippen molar-refractivity contribution in [3.8, 4) is 0 Å². The molecule has 4 nitrogen and oxygen atoms in total. The van der Waals surface area contributed by atoms with Crippen LogP contribution >= 0.6 is 0 Å². The van der Waals surface area contributed by atoms with Gasteiger partial charge < -0.3 is 5.32 Å². The fourth-order valence-electron chi connectivity index (χ4n) is 2.17. The maximum absolute atomic E-state index is 12.2. The van der Waals surface area contributed by atoms with Gasteiger partial charge in [0.1, 0.15) is 0 Å². The summed E-state index contributed by atoms with van der Waals surface area (Å²) in [4.78, 5) is 0.346. The van der Waals surface area contributed by atoms with Gasteiger partial charge in [0.05, 0.1) is 4.90 Å². The molecule has 0 saturated carbocycles. The molecule has 1 aromatic carbocycles. The molecule has 1 aromatic rings. The number of hydrogen-bond acceptors (Lipinski definition) is 3. The third kappa shape index (κ3) is 3.10. The molecular formula is C13H20N2O2S. The Bertz CT molecular complexity index is 496. The highest BCUT2D eigenvalue weighted by Crippen LogP contribution is 2.16. The molecule has 2 rings (SSSR count). The highest BCUT2D eigenvalue weighted by molar-refractivity contribution is 7.89. The topological polar surface area (TPSA) is 58.2 Å².